The van der Waals surface area contributed by atoms with Crippen LogP contribution in [-0.4, -0.2) is 53.3 Å². The van der Waals surface area contributed by atoms with Gasteiger partial charge in [-0.1, -0.05) is 152 Å². The van der Waals surface area contributed by atoms with Gasteiger partial charge in [0, 0.05) is 12.8 Å². The molecule has 0 aliphatic carbocycles. The fraction of sp³-hybridized carbons (Fsp3) is 0.707. The van der Waals surface area contributed by atoms with Crippen LogP contribution in [0.1, 0.15) is 155 Å². The first kappa shape index (κ1) is 46.7. The van der Waals surface area contributed by atoms with Crippen molar-refractivity contribution >= 4 is 19.8 Å². The molecule has 0 aromatic heterocycles. The Balaban J connectivity index is 2.13. The molecule has 1 rings (SSSR count). The summed E-state index contributed by atoms with van der Waals surface area (Å²) < 4.78 is 31.9. The molecule has 292 valence electrons. The first-order chi connectivity index (χ1) is 24.7. The number of carbonyl (C=O) groups is 2. The van der Waals surface area contributed by atoms with E-state index >= 15 is 0 Å². The van der Waals surface area contributed by atoms with E-state index in [4.69, 9.17) is 24.0 Å². The molecule has 0 saturated carbocycles. The Bertz CT molecular complexity index is 1080. The maximum absolute atomic E-state index is 12.4. The minimum Gasteiger partial charge on any atom is -0.462 e. The summed E-state index contributed by atoms with van der Waals surface area (Å²) in [5.41, 5.74) is 0. The molecule has 1 fully saturated rings. The average molecular weight is 737 g/mol. The third-order valence-electron chi connectivity index (χ3n) is 8.47. The Morgan fingerprint density at radius 1 is 0.627 bits per heavy atom. The lowest BCUT2D eigenvalue weighted by Crippen LogP contribution is -2.29. The second-order valence-electron chi connectivity index (χ2n) is 13.3. The van der Waals surface area contributed by atoms with Gasteiger partial charge in [-0.05, 0) is 51.4 Å². The number of phosphoric acid groups is 1. The summed E-state index contributed by atoms with van der Waals surface area (Å²) in [6.45, 7) is 3.49. The lowest BCUT2D eigenvalue weighted by molar-refractivity contribution is -0.161. The van der Waals surface area contributed by atoms with Crippen LogP contribution in [0.25, 0.3) is 0 Å². The highest BCUT2D eigenvalue weighted by Gasteiger charge is 2.35. The minimum absolute atomic E-state index is 0.138. The van der Waals surface area contributed by atoms with Gasteiger partial charge in [-0.2, -0.15) is 0 Å². The normalized spacial score (nSPS) is 17.1. The Morgan fingerprint density at radius 2 is 1.12 bits per heavy atom. The van der Waals surface area contributed by atoms with Crippen LogP contribution < -0.4 is 0 Å². The van der Waals surface area contributed by atoms with Crippen molar-refractivity contribution in [3.63, 3.8) is 0 Å². The lowest BCUT2D eigenvalue weighted by atomic mass is 10.0. The van der Waals surface area contributed by atoms with Crippen molar-refractivity contribution in [2.45, 2.75) is 173 Å². The number of hydrogen-bond acceptors (Lipinski definition) is 7. The van der Waals surface area contributed by atoms with Gasteiger partial charge in [0.25, 0.3) is 0 Å². The largest absolute Gasteiger partial charge is 0.469 e. The standard InChI is InChI=1S/C41H69O9P/c1-3-5-7-8-9-10-11-12-17-20-23-26-30-34-41(43)49-37(36-48-51(44,45)46)35-47-40(42)33-29-25-22-19-16-14-13-15-18-21-24-28-32-39-38(50-39)31-27-6-4-2/h6,14-16,18,22,24-25,27-28,37-39H,3-5,7-13,17,19-21,23,26,29-36H2,1-2H3,(H2,44,45,46)/b16-14-,18-15-,25-22-,27-6-,28-24-/t37-,38?,39?/m1/s1. The molecule has 2 unspecified atom stereocenters. The van der Waals surface area contributed by atoms with Crippen molar-refractivity contribution in [2.75, 3.05) is 13.2 Å². The van der Waals surface area contributed by atoms with Crippen molar-refractivity contribution in [1.29, 1.82) is 0 Å². The van der Waals surface area contributed by atoms with E-state index in [1.54, 1.807) is 0 Å². The fourth-order valence-corrected chi connectivity index (χ4v) is 5.80. The van der Waals surface area contributed by atoms with E-state index in [0.29, 0.717) is 25.0 Å². The molecule has 9 nitrogen and oxygen atoms in total. The van der Waals surface area contributed by atoms with Gasteiger partial charge < -0.3 is 24.0 Å². The van der Waals surface area contributed by atoms with E-state index in [1.165, 1.54) is 57.8 Å². The number of unbranched alkanes of at least 4 members (excludes halogenated alkanes) is 12. The van der Waals surface area contributed by atoms with E-state index in [2.05, 4.69) is 67.0 Å². The molecule has 1 heterocycles. The molecule has 1 saturated heterocycles. The van der Waals surface area contributed by atoms with Gasteiger partial charge in [0.05, 0.1) is 18.8 Å². The van der Waals surface area contributed by atoms with Gasteiger partial charge >= 0.3 is 19.8 Å². The zero-order valence-electron chi connectivity index (χ0n) is 31.7. The minimum atomic E-state index is -4.77. The molecule has 0 spiro atoms. The Hall–Kier alpha value is -2.29. The van der Waals surface area contributed by atoms with E-state index in [9.17, 15) is 14.2 Å². The number of phosphoric ester groups is 1. The molecule has 3 atom stereocenters. The first-order valence-electron chi connectivity index (χ1n) is 19.7. The zero-order valence-corrected chi connectivity index (χ0v) is 32.6. The Labute approximate surface area is 309 Å². The maximum Gasteiger partial charge on any atom is 0.469 e. The third kappa shape index (κ3) is 32.1. The molecule has 51 heavy (non-hydrogen) atoms. The molecule has 2 N–H and O–H groups in total. The number of allylic oxidation sites excluding steroid dienone is 8. The van der Waals surface area contributed by atoms with Gasteiger partial charge in [-0.15, -0.1) is 0 Å². The second kappa shape index (κ2) is 32.4. The van der Waals surface area contributed by atoms with E-state index in [1.807, 2.05) is 12.2 Å². The van der Waals surface area contributed by atoms with E-state index < -0.39 is 32.5 Å². The fourth-order valence-electron chi connectivity index (χ4n) is 5.44. The van der Waals surface area contributed by atoms with Gasteiger partial charge in [-0.3, -0.25) is 14.1 Å². The van der Waals surface area contributed by atoms with Crippen LogP contribution in [0.5, 0.6) is 0 Å². The molecule has 0 amide bonds. The Kier molecular flexibility index (Phi) is 29.7. The van der Waals surface area contributed by atoms with Crippen LogP contribution in [0.15, 0.2) is 60.8 Å². The topological polar surface area (TPSA) is 132 Å². The summed E-state index contributed by atoms with van der Waals surface area (Å²) in [6.07, 6.45) is 42.8. The summed E-state index contributed by atoms with van der Waals surface area (Å²) in [6, 6.07) is 0. The molecule has 0 radical (unpaired) electrons. The first-order valence-corrected chi connectivity index (χ1v) is 21.2. The van der Waals surface area contributed by atoms with E-state index in [0.717, 1.165) is 57.8 Å². The van der Waals surface area contributed by atoms with Crippen LogP contribution in [0, 0.1) is 0 Å². The molecule has 0 aromatic carbocycles. The van der Waals surface area contributed by atoms with Gasteiger partial charge in [-0.25, -0.2) is 4.57 Å². The van der Waals surface area contributed by atoms with Gasteiger partial charge in [0.1, 0.15) is 6.61 Å². The molecular weight excluding hydrogens is 667 g/mol. The van der Waals surface area contributed by atoms with Crippen LogP contribution in [0.4, 0.5) is 0 Å². The van der Waals surface area contributed by atoms with Crippen LogP contribution in [-0.2, 0) is 32.9 Å². The zero-order chi connectivity index (χ0) is 37.3. The number of esters is 2. The van der Waals surface area contributed by atoms with Crippen molar-refractivity contribution in [3.05, 3.63) is 60.8 Å². The number of ether oxygens (including phenoxy) is 3. The van der Waals surface area contributed by atoms with Crippen molar-refractivity contribution in [1.82, 2.24) is 0 Å². The molecule has 0 aromatic rings. The Morgan fingerprint density at radius 3 is 1.65 bits per heavy atom. The summed E-state index contributed by atoms with van der Waals surface area (Å²) in [4.78, 5) is 42.7. The van der Waals surface area contributed by atoms with Gasteiger partial charge in [0.15, 0.2) is 6.10 Å². The average Bonchev–Trinajstić information content (AvgIpc) is 3.85. The molecule has 1 aliphatic heterocycles. The lowest BCUT2D eigenvalue weighted by Gasteiger charge is -2.18. The summed E-state index contributed by atoms with van der Waals surface area (Å²) >= 11 is 0. The highest BCUT2D eigenvalue weighted by Crippen LogP contribution is 2.36. The van der Waals surface area contributed by atoms with Crippen molar-refractivity contribution < 1.29 is 42.7 Å². The smallest absolute Gasteiger partial charge is 0.462 e. The molecular formula is C41H69O9P. The number of rotatable bonds is 34. The number of epoxide rings is 1. The second-order valence-corrected chi connectivity index (χ2v) is 14.5. The maximum atomic E-state index is 12.4. The van der Waals surface area contributed by atoms with E-state index in [-0.39, 0.29) is 19.4 Å². The predicted molar refractivity (Wildman–Crippen MR) is 206 cm³/mol. The molecule has 1 aliphatic rings. The van der Waals surface area contributed by atoms with Crippen LogP contribution in [0.3, 0.4) is 0 Å². The highest BCUT2D eigenvalue weighted by molar-refractivity contribution is 7.46. The SMILES string of the molecule is CC/C=C\CC1OC1C/C=C\C/C=C\C/C=C\C/C=C\CCC(=O)OC[C@H](COP(=O)(O)O)OC(=O)CCCCCCCCCCCCCCC. The predicted octanol–water partition coefficient (Wildman–Crippen LogP) is 10.7. The van der Waals surface area contributed by atoms with Crippen LogP contribution in [0.2, 0.25) is 0 Å². The summed E-state index contributed by atoms with van der Waals surface area (Å²) in [5, 5.41) is 0. The third-order valence-corrected chi connectivity index (χ3v) is 8.95. The van der Waals surface area contributed by atoms with Crippen molar-refractivity contribution in [2.24, 2.45) is 0 Å². The monoisotopic (exact) mass is 736 g/mol. The summed E-state index contributed by atoms with van der Waals surface area (Å²) in [5.74, 6) is -0.989. The molecule has 0 bridgehead atoms. The molecule has 10 heteroatoms. The number of carbonyl (C=O) groups excluding carboxylic acids is 2. The quantitative estimate of drug-likeness (QED) is 0.0218. The van der Waals surface area contributed by atoms with Gasteiger partial charge in [0.2, 0.25) is 0 Å². The summed E-state index contributed by atoms with van der Waals surface area (Å²) in [7, 11) is -4.77. The van der Waals surface area contributed by atoms with Crippen molar-refractivity contribution in [3.8, 4) is 0 Å². The number of hydrogen-bond donors (Lipinski definition) is 2. The van der Waals surface area contributed by atoms with Crippen LogP contribution >= 0.6 is 7.82 Å². The highest BCUT2D eigenvalue weighted by atomic mass is 31.2.